The molecule has 2 rings (SSSR count). The van der Waals surface area contributed by atoms with Gasteiger partial charge in [0, 0.05) is 17.5 Å². The van der Waals surface area contributed by atoms with E-state index < -0.39 is 0 Å². The Hall–Kier alpha value is -0.0900. The highest BCUT2D eigenvalue weighted by Crippen LogP contribution is 2.39. The van der Waals surface area contributed by atoms with Gasteiger partial charge in [0.1, 0.15) is 0 Å². The minimum atomic E-state index is -0.266. The molecule has 1 aromatic rings. The largest absolute Gasteiger partial charge is 0.392 e. The molecular weight excluding hydrogens is 242 g/mol. The quantitative estimate of drug-likeness (QED) is 0.871. The number of aliphatic hydroxyl groups excluding tert-OH is 1. The number of hydrogen-bond donors (Lipinski definition) is 2. The molecule has 4 heteroatoms. The van der Waals surface area contributed by atoms with Crippen LogP contribution in [-0.4, -0.2) is 17.8 Å². The second-order valence-corrected chi connectivity index (χ2v) is 6.51. The molecule has 2 nitrogen and oxygen atoms in total. The molecule has 1 aromatic heterocycles. The first kappa shape index (κ1) is 12.4. The van der Waals surface area contributed by atoms with Crippen LogP contribution in [0.25, 0.3) is 0 Å². The Labute approximate surface area is 106 Å². The Balaban J connectivity index is 1.93. The summed E-state index contributed by atoms with van der Waals surface area (Å²) in [4.78, 5) is 1.40. The Morgan fingerprint density at radius 2 is 2.38 bits per heavy atom. The van der Waals surface area contributed by atoms with Gasteiger partial charge in [-0.3, -0.25) is 0 Å². The zero-order chi connectivity index (χ0) is 11.7. The van der Waals surface area contributed by atoms with Crippen LogP contribution < -0.4 is 5.32 Å². The van der Waals surface area contributed by atoms with Gasteiger partial charge in [-0.15, -0.1) is 11.3 Å². The highest BCUT2D eigenvalue weighted by molar-refractivity contribution is 7.16. The molecule has 0 saturated carbocycles. The summed E-state index contributed by atoms with van der Waals surface area (Å²) < 4.78 is 0.876. The van der Waals surface area contributed by atoms with Crippen LogP contribution in [-0.2, 0) is 6.42 Å². The first-order chi connectivity index (χ1) is 7.58. The summed E-state index contributed by atoms with van der Waals surface area (Å²) in [7, 11) is 0. The fourth-order valence-electron chi connectivity index (χ4n) is 2.04. The maximum absolute atomic E-state index is 9.75. The van der Waals surface area contributed by atoms with Crippen LogP contribution in [0.15, 0.2) is 6.07 Å². The summed E-state index contributed by atoms with van der Waals surface area (Å²) in [5.41, 5.74) is 1.34. The highest BCUT2D eigenvalue weighted by atomic mass is 35.5. The fourth-order valence-corrected chi connectivity index (χ4v) is 3.40. The van der Waals surface area contributed by atoms with E-state index in [-0.39, 0.29) is 6.10 Å². The summed E-state index contributed by atoms with van der Waals surface area (Å²) in [5.74, 6) is 0.305. The molecule has 1 aliphatic carbocycles. The molecule has 0 bridgehead atoms. The molecule has 2 unspecified atom stereocenters. The van der Waals surface area contributed by atoms with Crippen LogP contribution in [0.2, 0.25) is 4.34 Å². The van der Waals surface area contributed by atoms with Crippen LogP contribution in [0.4, 0.5) is 0 Å². The van der Waals surface area contributed by atoms with Crippen molar-refractivity contribution in [2.24, 2.45) is 5.92 Å². The molecule has 0 aromatic carbocycles. The van der Waals surface area contributed by atoms with Gasteiger partial charge in [0.2, 0.25) is 0 Å². The number of nitrogens with one attached hydrogen (secondary N) is 1. The van der Waals surface area contributed by atoms with Gasteiger partial charge in [0.25, 0.3) is 0 Å². The van der Waals surface area contributed by atoms with Gasteiger partial charge in [0.15, 0.2) is 0 Å². The lowest BCUT2D eigenvalue weighted by atomic mass is 10.1. The maximum atomic E-state index is 9.75. The van der Waals surface area contributed by atoms with Gasteiger partial charge < -0.3 is 10.4 Å². The number of fused-ring (bicyclic) bond motifs is 1. The first-order valence-electron chi connectivity index (χ1n) is 5.77. The van der Waals surface area contributed by atoms with Crippen LogP contribution in [0, 0.1) is 5.92 Å². The smallest absolute Gasteiger partial charge is 0.0934 e. The Morgan fingerprint density at radius 1 is 1.62 bits per heavy atom. The summed E-state index contributed by atoms with van der Waals surface area (Å²) in [6, 6.07) is 2.45. The molecule has 16 heavy (non-hydrogen) atoms. The standard InChI is InChI=1S/C12H18ClNOS/c1-7(2)10(15)6-14-9-3-4-11-8(9)5-12(13)16-11/h5,7,9-10,14-15H,3-4,6H2,1-2H3. The van der Waals surface area contributed by atoms with E-state index in [1.165, 1.54) is 10.4 Å². The molecule has 1 aliphatic rings. The molecule has 1 heterocycles. The predicted molar refractivity (Wildman–Crippen MR) is 69.2 cm³/mol. The average molecular weight is 260 g/mol. The summed E-state index contributed by atoms with van der Waals surface area (Å²) in [6.45, 7) is 4.73. The Kier molecular flexibility index (Phi) is 3.90. The summed E-state index contributed by atoms with van der Waals surface area (Å²) in [6.07, 6.45) is 1.98. The lowest BCUT2D eigenvalue weighted by Gasteiger charge is -2.19. The van der Waals surface area contributed by atoms with E-state index in [9.17, 15) is 5.11 Å². The van der Waals surface area contributed by atoms with Crippen LogP contribution in [0.5, 0.6) is 0 Å². The minimum Gasteiger partial charge on any atom is -0.392 e. The van der Waals surface area contributed by atoms with Crippen molar-refractivity contribution < 1.29 is 5.11 Å². The second kappa shape index (κ2) is 5.05. The number of hydrogen-bond acceptors (Lipinski definition) is 3. The monoisotopic (exact) mass is 259 g/mol. The first-order valence-corrected chi connectivity index (χ1v) is 6.97. The van der Waals surface area contributed by atoms with Gasteiger partial charge in [0.05, 0.1) is 10.4 Å². The fraction of sp³-hybridized carbons (Fsp3) is 0.667. The van der Waals surface area contributed by atoms with E-state index in [0.717, 1.165) is 17.2 Å². The van der Waals surface area contributed by atoms with Gasteiger partial charge >= 0.3 is 0 Å². The molecule has 0 spiro atoms. The van der Waals surface area contributed by atoms with E-state index in [1.54, 1.807) is 11.3 Å². The van der Waals surface area contributed by atoms with E-state index in [2.05, 4.69) is 11.4 Å². The minimum absolute atomic E-state index is 0.266. The van der Waals surface area contributed by atoms with Gasteiger partial charge in [-0.1, -0.05) is 25.4 Å². The van der Waals surface area contributed by atoms with Crippen molar-refractivity contribution in [3.63, 3.8) is 0 Å². The summed E-state index contributed by atoms with van der Waals surface area (Å²) >= 11 is 7.68. The normalized spacial score (nSPS) is 21.4. The number of aryl methyl sites for hydroxylation is 1. The van der Waals surface area contributed by atoms with Crippen LogP contribution in [0.1, 0.15) is 36.8 Å². The Morgan fingerprint density at radius 3 is 3.06 bits per heavy atom. The molecule has 2 atom stereocenters. The van der Waals surface area contributed by atoms with E-state index in [1.807, 2.05) is 13.8 Å². The van der Waals surface area contributed by atoms with Crippen LogP contribution >= 0.6 is 22.9 Å². The second-order valence-electron chi connectivity index (χ2n) is 4.74. The molecule has 2 N–H and O–H groups in total. The molecule has 0 radical (unpaired) electrons. The lowest BCUT2D eigenvalue weighted by Crippen LogP contribution is -2.32. The summed E-state index contributed by atoms with van der Waals surface area (Å²) in [5, 5.41) is 13.2. The topological polar surface area (TPSA) is 32.3 Å². The zero-order valence-corrected chi connectivity index (χ0v) is 11.2. The van der Waals surface area contributed by atoms with E-state index in [4.69, 9.17) is 11.6 Å². The Bertz CT molecular complexity index is 364. The van der Waals surface area contributed by atoms with Crippen molar-refractivity contribution in [3.05, 3.63) is 20.8 Å². The van der Waals surface area contributed by atoms with E-state index in [0.29, 0.717) is 18.5 Å². The average Bonchev–Trinajstić information content (AvgIpc) is 2.73. The van der Waals surface area contributed by atoms with Crippen molar-refractivity contribution >= 4 is 22.9 Å². The number of thiophene rings is 1. The zero-order valence-electron chi connectivity index (χ0n) is 9.66. The third-order valence-corrected chi connectivity index (χ3v) is 4.53. The van der Waals surface area contributed by atoms with Gasteiger partial charge in [-0.2, -0.15) is 0 Å². The molecular formula is C12H18ClNOS. The number of aliphatic hydroxyl groups is 1. The molecule has 0 aliphatic heterocycles. The van der Waals surface area contributed by atoms with Crippen molar-refractivity contribution in [2.75, 3.05) is 6.54 Å². The van der Waals surface area contributed by atoms with Gasteiger partial charge in [-0.25, -0.2) is 0 Å². The van der Waals surface area contributed by atoms with Crippen molar-refractivity contribution in [1.29, 1.82) is 0 Å². The van der Waals surface area contributed by atoms with Crippen LogP contribution in [0.3, 0.4) is 0 Å². The maximum Gasteiger partial charge on any atom is 0.0934 e. The molecule has 90 valence electrons. The highest BCUT2D eigenvalue weighted by Gasteiger charge is 2.25. The van der Waals surface area contributed by atoms with Crippen molar-refractivity contribution in [3.8, 4) is 0 Å². The SMILES string of the molecule is CC(C)C(O)CNC1CCc2sc(Cl)cc21. The predicted octanol–water partition coefficient (Wildman–Crippen LogP) is 3.00. The third-order valence-electron chi connectivity index (χ3n) is 3.19. The van der Waals surface area contributed by atoms with Crippen molar-refractivity contribution in [1.82, 2.24) is 5.32 Å². The van der Waals surface area contributed by atoms with E-state index >= 15 is 0 Å². The molecule has 0 fully saturated rings. The molecule has 0 saturated heterocycles. The lowest BCUT2D eigenvalue weighted by molar-refractivity contribution is 0.120. The third kappa shape index (κ3) is 2.59. The van der Waals surface area contributed by atoms with Crippen molar-refractivity contribution in [2.45, 2.75) is 38.8 Å². The number of halogens is 1. The van der Waals surface area contributed by atoms with Gasteiger partial charge in [-0.05, 0) is 30.4 Å². The molecule has 0 amide bonds. The number of rotatable bonds is 4.